The van der Waals surface area contributed by atoms with E-state index < -0.39 is 15.9 Å². The van der Waals surface area contributed by atoms with Crippen molar-refractivity contribution >= 4 is 21.8 Å². The number of pyridine rings is 1. The molecule has 0 bridgehead atoms. The summed E-state index contributed by atoms with van der Waals surface area (Å²) in [7, 11) is -1.93. The average molecular weight is 413 g/mol. The second-order valence-electron chi connectivity index (χ2n) is 7.55. The van der Waals surface area contributed by atoms with Gasteiger partial charge in [-0.2, -0.15) is 4.31 Å². The molecule has 0 radical (unpaired) electrons. The highest BCUT2D eigenvalue weighted by molar-refractivity contribution is 7.89. The summed E-state index contributed by atoms with van der Waals surface area (Å²) in [5.41, 5.74) is 1.13. The molecular weight excluding hydrogens is 390 g/mol. The predicted molar refractivity (Wildman–Crippen MR) is 107 cm³/mol. The van der Waals surface area contributed by atoms with Crippen LogP contribution in [0, 0.1) is 0 Å². The van der Waals surface area contributed by atoms with Gasteiger partial charge in [0.15, 0.2) is 0 Å². The van der Waals surface area contributed by atoms with Crippen LogP contribution in [0.3, 0.4) is 0 Å². The molecule has 0 unspecified atom stereocenters. The van der Waals surface area contributed by atoms with Gasteiger partial charge in [0, 0.05) is 19.3 Å². The summed E-state index contributed by atoms with van der Waals surface area (Å²) in [6.45, 7) is 0.0762. The number of rotatable bonds is 5. The topological polar surface area (TPSA) is 87.7 Å². The third-order valence-electron chi connectivity index (χ3n) is 5.76. The molecule has 1 aliphatic carbocycles. The highest BCUT2D eigenvalue weighted by Crippen LogP contribution is 2.27. The fraction of sp³-hybridized carbons (Fsp3) is 0.381. The Morgan fingerprint density at radius 3 is 2.38 bits per heavy atom. The molecule has 2 amide bonds. The lowest BCUT2D eigenvalue weighted by molar-refractivity contribution is 0.0640. The summed E-state index contributed by atoms with van der Waals surface area (Å²) in [4.78, 5) is 30.3. The van der Waals surface area contributed by atoms with Crippen molar-refractivity contribution < 1.29 is 18.0 Å². The van der Waals surface area contributed by atoms with Crippen LogP contribution in [0.5, 0.6) is 0 Å². The second kappa shape index (κ2) is 7.68. The summed E-state index contributed by atoms with van der Waals surface area (Å²) in [5, 5.41) is 0. The van der Waals surface area contributed by atoms with Crippen LogP contribution in [-0.4, -0.2) is 47.5 Å². The molecule has 1 aromatic heterocycles. The predicted octanol–water partition coefficient (Wildman–Crippen LogP) is 2.83. The molecule has 2 heterocycles. The highest BCUT2D eigenvalue weighted by Gasteiger charge is 2.36. The van der Waals surface area contributed by atoms with E-state index in [4.69, 9.17) is 0 Å². The van der Waals surface area contributed by atoms with E-state index in [1.54, 1.807) is 43.4 Å². The molecule has 0 spiro atoms. The van der Waals surface area contributed by atoms with Crippen molar-refractivity contribution in [2.24, 2.45) is 0 Å². The molecule has 1 saturated carbocycles. The Hall–Kier alpha value is -2.58. The van der Waals surface area contributed by atoms with Crippen molar-refractivity contribution in [1.82, 2.24) is 14.2 Å². The lowest BCUT2D eigenvalue weighted by Gasteiger charge is -2.30. The molecule has 1 aliphatic heterocycles. The first-order valence-electron chi connectivity index (χ1n) is 9.78. The first kappa shape index (κ1) is 19.7. The van der Waals surface area contributed by atoms with E-state index in [2.05, 4.69) is 4.98 Å². The Kier molecular flexibility index (Phi) is 5.23. The minimum Gasteiger partial charge on any atom is -0.268 e. The monoisotopic (exact) mass is 413 g/mol. The van der Waals surface area contributed by atoms with E-state index in [0.717, 1.165) is 37.0 Å². The average Bonchev–Trinajstić information content (AvgIpc) is 2.99. The molecule has 2 aliphatic rings. The number of carbonyl (C=O) groups excluding carboxylic acids is 2. The number of benzene rings is 1. The maximum atomic E-state index is 12.9. The van der Waals surface area contributed by atoms with Crippen molar-refractivity contribution in [2.45, 2.75) is 49.6 Å². The quantitative estimate of drug-likeness (QED) is 0.704. The van der Waals surface area contributed by atoms with Gasteiger partial charge < -0.3 is 0 Å². The van der Waals surface area contributed by atoms with Gasteiger partial charge in [-0.15, -0.1) is 0 Å². The summed E-state index contributed by atoms with van der Waals surface area (Å²) in [6, 6.07) is 9.63. The minimum absolute atomic E-state index is 0.0410. The van der Waals surface area contributed by atoms with Crippen molar-refractivity contribution in [3.8, 4) is 0 Å². The van der Waals surface area contributed by atoms with Crippen LogP contribution < -0.4 is 0 Å². The van der Waals surface area contributed by atoms with Crippen molar-refractivity contribution in [2.75, 3.05) is 7.05 Å². The van der Waals surface area contributed by atoms with E-state index in [9.17, 15) is 18.0 Å². The number of imide groups is 1. The number of amides is 2. The van der Waals surface area contributed by atoms with Gasteiger partial charge in [0.2, 0.25) is 10.0 Å². The molecule has 8 heteroatoms. The van der Waals surface area contributed by atoms with Gasteiger partial charge in [-0.05, 0) is 42.7 Å². The lowest BCUT2D eigenvalue weighted by Crippen LogP contribution is -2.38. The molecule has 0 N–H and O–H groups in total. The Morgan fingerprint density at radius 2 is 1.72 bits per heavy atom. The summed E-state index contributed by atoms with van der Waals surface area (Å²) >= 11 is 0. The number of hydrogen-bond acceptors (Lipinski definition) is 5. The van der Waals surface area contributed by atoms with E-state index in [1.807, 2.05) is 0 Å². The number of carbonyl (C=O) groups is 2. The fourth-order valence-electron chi connectivity index (χ4n) is 4.01. The van der Waals surface area contributed by atoms with Gasteiger partial charge >= 0.3 is 0 Å². The maximum Gasteiger partial charge on any atom is 0.280 e. The SMILES string of the molecule is CN(C1CCCCC1)S(=O)(=O)c1ccc(CN2C(=O)c3cccnc3C2=O)cc1. The normalized spacial score (nSPS) is 17.8. The van der Waals surface area contributed by atoms with Crippen LogP contribution in [-0.2, 0) is 16.6 Å². The van der Waals surface area contributed by atoms with Crippen LogP contribution in [0.4, 0.5) is 0 Å². The van der Waals surface area contributed by atoms with Gasteiger partial charge in [-0.1, -0.05) is 31.4 Å². The molecule has 4 rings (SSSR count). The molecule has 1 fully saturated rings. The summed E-state index contributed by atoms with van der Waals surface area (Å²) in [5.74, 6) is -0.814. The van der Waals surface area contributed by atoms with Crippen LogP contribution in [0.1, 0.15) is 58.5 Å². The maximum absolute atomic E-state index is 12.9. The summed E-state index contributed by atoms with van der Waals surface area (Å²) in [6.07, 6.45) is 6.53. The smallest absolute Gasteiger partial charge is 0.268 e. The lowest BCUT2D eigenvalue weighted by atomic mass is 9.96. The zero-order valence-corrected chi connectivity index (χ0v) is 17.1. The Morgan fingerprint density at radius 1 is 1.03 bits per heavy atom. The van der Waals surface area contributed by atoms with E-state index in [-0.39, 0.29) is 29.1 Å². The van der Waals surface area contributed by atoms with Crippen LogP contribution in [0.2, 0.25) is 0 Å². The van der Waals surface area contributed by atoms with E-state index >= 15 is 0 Å². The van der Waals surface area contributed by atoms with Crippen LogP contribution in [0.25, 0.3) is 0 Å². The van der Waals surface area contributed by atoms with E-state index in [1.165, 1.54) is 10.5 Å². The van der Waals surface area contributed by atoms with Gasteiger partial charge in [-0.25, -0.2) is 8.42 Å². The number of hydrogen-bond donors (Lipinski definition) is 0. The number of fused-ring (bicyclic) bond motifs is 1. The minimum atomic E-state index is -3.57. The summed E-state index contributed by atoms with van der Waals surface area (Å²) < 4.78 is 27.4. The van der Waals surface area contributed by atoms with Gasteiger partial charge in [0.1, 0.15) is 5.69 Å². The fourth-order valence-corrected chi connectivity index (χ4v) is 5.43. The number of sulfonamides is 1. The molecule has 29 heavy (non-hydrogen) atoms. The Balaban J connectivity index is 1.50. The number of aromatic nitrogens is 1. The van der Waals surface area contributed by atoms with Crippen molar-refractivity contribution in [1.29, 1.82) is 0 Å². The standard InChI is InChI=1S/C21H23N3O4S/c1-23(16-6-3-2-4-7-16)29(27,28)17-11-9-15(10-12-17)14-24-20(25)18-8-5-13-22-19(18)21(24)26/h5,8-13,16H,2-4,6-7,14H2,1H3. The van der Waals surface area contributed by atoms with E-state index in [0.29, 0.717) is 11.1 Å². The molecule has 2 aromatic rings. The zero-order chi connectivity index (χ0) is 20.6. The van der Waals surface area contributed by atoms with Gasteiger partial charge in [0.05, 0.1) is 17.0 Å². The highest BCUT2D eigenvalue weighted by atomic mass is 32.2. The van der Waals surface area contributed by atoms with Gasteiger partial charge in [-0.3, -0.25) is 19.5 Å². The Labute approximate surface area is 170 Å². The van der Waals surface area contributed by atoms with Crippen LogP contribution >= 0.6 is 0 Å². The van der Waals surface area contributed by atoms with Crippen molar-refractivity contribution in [3.63, 3.8) is 0 Å². The van der Waals surface area contributed by atoms with Crippen molar-refractivity contribution in [3.05, 3.63) is 59.4 Å². The first-order chi connectivity index (χ1) is 13.9. The third-order valence-corrected chi connectivity index (χ3v) is 7.69. The molecule has 7 nitrogen and oxygen atoms in total. The Bertz CT molecular complexity index is 1010. The second-order valence-corrected chi connectivity index (χ2v) is 9.55. The third kappa shape index (κ3) is 3.58. The van der Waals surface area contributed by atoms with Gasteiger partial charge in [0.25, 0.3) is 11.8 Å². The molecular formula is C21H23N3O4S. The van der Waals surface area contributed by atoms with Crippen LogP contribution in [0.15, 0.2) is 47.5 Å². The molecule has 1 aromatic carbocycles. The largest absolute Gasteiger partial charge is 0.280 e. The molecule has 0 saturated heterocycles. The zero-order valence-electron chi connectivity index (χ0n) is 16.2. The number of nitrogens with zero attached hydrogens (tertiary/aromatic N) is 3. The first-order valence-corrected chi connectivity index (χ1v) is 11.2. The molecule has 0 atom stereocenters. The molecule has 152 valence electrons.